The van der Waals surface area contributed by atoms with Crippen LogP contribution in [0.15, 0.2) is 45.9 Å². The van der Waals surface area contributed by atoms with Crippen LogP contribution in [0.4, 0.5) is 0 Å². The smallest absolute Gasteiger partial charge is 0.333 e. The first-order valence-electron chi connectivity index (χ1n) is 9.89. The van der Waals surface area contributed by atoms with Gasteiger partial charge in [0.2, 0.25) is 0 Å². The van der Waals surface area contributed by atoms with Gasteiger partial charge in [-0.2, -0.15) is 0 Å². The third-order valence-corrected chi connectivity index (χ3v) is 5.68. The Morgan fingerprint density at radius 2 is 2.03 bits per heavy atom. The fourth-order valence-corrected chi connectivity index (χ4v) is 4.19. The van der Waals surface area contributed by atoms with Crippen LogP contribution in [-0.2, 0) is 7.05 Å². The van der Waals surface area contributed by atoms with Gasteiger partial charge in [0, 0.05) is 44.2 Å². The summed E-state index contributed by atoms with van der Waals surface area (Å²) in [5.41, 5.74) is 4.35. The number of fused-ring (bicyclic) bond motifs is 2. The molecule has 0 radical (unpaired) electrons. The van der Waals surface area contributed by atoms with Gasteiger partial charge in [-0.1, -0.05) is 0 Å². The molecule has 0 spiro atoms. The Kier molecular flexibility index (Phi) is 4.40. The van der Waals surface area contributed by atoms with Crippen molar-refractivity contribution < 1.29 is 13.9 Å². The van der Waals surface area contributed by atoms with Gasteiger partial charge in [-0.15, -0.1) is 0 Å². The molecule has 2 aromatic carbocycles. The van der Waals surface area contributed by atoms with E-state index in [-0.39, 0.29) is 5.69 Å². The molecule has 0 unspecified atom stereocenters. The van der Waals surface area contributed by atoms with Crippen LogP contribution in [0.1, 0.15) is 5.56 Å². The monoisotopic (exact) mass is 431 g/mol. The molecule has 162 valence electrons. The molecular weight excluding hydrogens is 410 g/mol. The van der Waals surface area contributed by atoms with Crippen LogP contribution >= 0.6 is 0 Å². The Bertz CT molecular complexity index is 1640. The zero-order valence-electron chi connectivity index (χ0n) is 18.0. The molecule has 9 heteroatoms. The maximum absolute atomic E-state index is 13.3. The molecule has 0 aliphatic carbocycles. The summed E-state index contributed by atoms with van der Waals surface area (Å²) >= 11 is 0. The predicted octanol–water partition coefficient (Wildman–Crippen LogP) is 3.31. The van der Waals surface area contributed by atoms with Crippen molar-refractivity contribution in [3.63, 3.8) is 0 Å². The molecular formula is C23H21N5O4. The van der Waals surface area contributed by atoms with Crippen molar-refractivity contribution in [3.05, 3.63) is 52.7 Å². The van der Waals surface area contributed by atoms with Crippen molar-refractivity contribution in [2.75, 3.05) is 21.3 Å². The number of pyridine rings is 1. The van der Waals surface area contributed by atoms with Gasteiger partial charge in [-0.05, 0) is 12.1 Å². The predicted molar refractivity (Wildman–Crippen MR) is 124 cm³/mol. The molecule has 9 nitrogen and oxygen atoms in total. The molecule has 5 aromatic rings. The summed E-state index contributed by atoms with van der Waals surface area (Å²) in [5, 5.41) is 11.6. The maximum atomic E-state index is 13.3. The Morgan fingerprint density at radius 3 is 2.72 bits per heavy atom. The molecule has 0 saturated heterocycles. The van der Waals surface area contributed by atoms with E-state index in [2.05, 4.69) is 10.3 Å². The average Bonchev–Trinajstić information content (AvgIpc) is 2.97. The first-order chi connectivity index (χ1) is 15.5. The number of benzene rings is 2. The van der Waals surface area contributed by atoms with Crippen LogP contribution < -0.4 is 20.5 Å². The summed E-state index contributed by atoms with van der Waals surface area (Å²) in [7, 11) is 6.60. The molecule has 5 rings (SSSR count). The first kappa shape index (κ1) is 19.7. The van der Waals surface area contributed by atoms with Crippen molar-refractivity contribution in [1.29, 1.82) is 5.41 Å². The number of imidazole rings is 1. The second-order valence-corrected chi connectivity index (χ2v) is 7.31. The summed E-state index contributed by atoms with van der Waals surface area (Å²) in [6.45, 7) is 0. The number of aromatic nitrogens is 3. The zero-order valence-corrected chi connectivity index (χ0v) is 18.0. The van der Waals surface area contributed by atoms with E-state index in [0.29, 0.717) is 61.3 Å². The van der Waals surface area contributed by atoms with E-state index in [9.17, 15) is 4.79 Å². The van der Waals surface area contributed by atoms with E-state index < -0.39 is 0 Å². The van der Waals surface area contributed by atoms with Crippen LogP contribution in [0.5, 0.6) is 11.5 Å². The molecule has 0 aliphatic rings. The zero-order chi connectivity index (χ0) is 22.6. The summed E-state index contributed by atoms with van der Waals surface area (Å²) in [6, 6.07) is 7.10. The summed E-state index contributed by atoms with van der Waals surface area (Å²) in [4.78, 5) is 17.9. The van der Waals surface area contributed by atoms with E-state index in [4.69, 9.17) is 19.3 Å². The summed E-state index contributed by atoms with van der Waals surface area (Å²) < 4.78 is 20.7. The van der Waals surface area contributed by atoms with E-state index in [1.807, 2.05) is 0 Å². The SMILES string of the molecule is CN/C=C(\C=N)c1c(OC)cc2ncc3c4c2c1oc1ccc(OC)cc1n4c(=O)n3C. The van der Waals surface area contributed by atoms with Gasteiger partial charge in [0.15, 0.2) is 11.2 Å². The van der Waals surface area contributed by atoms with Gasteiger partial charge in [-0.25, -0.2) is 4.79 Å². The quantitative estimate of drug-likeness (QED) is 0.414. The molecule has 0 bridgehead atoms. The maximum Gasteiger partial charge on any atom is 0.333 e. The highest BCUT2D eigenvalue weighted by atomic mass is 16.5. The molecule has 3 aromatic heterocycles. The van der Waals surface area contributed by atoms with Gasteiger partial charge < -0.3 is 24.6 Å². The molecule has 32 heavy (non-hydrogen) atoms. The van der Waals surface area contributed by atoms with Gasteiger partial charge >= 0.3 is 5.69 Å². The highest BCUT2D eigenvalue weighted by Gasteiger charge is 2.23. The molecule has 2 N–H and O–H groups in total. The van der Waals surface area contributed by atoms with Gasteiger partial charge in [0.1, 0.15) is 11.5 Å². The Labute approximate surface area is 182 Å². The van der Waals surface area contributed by atoms with Gasteiger partial charge in [-0.3, -0.25) is 14.0 Å². The topological polar surface area (TPSA) is 107 Å². The summed E-state index contributed by atoms with van der Waals surface area (Å²) in [5.74, 6) is 1.10. The second-order valence-electron chi connectivity index (χ2n) is 7.31. The van der Waals surface area contributed by atoms with E-state index in [0.717, 1.165) is 0 Å². The number of aryl methyl sites for hydroxylation is 1. The largest absolute Gasteiger partial charge is 0.497 e. The van der Waals surface area contributed by atoms with Crippen LogP contribution in [0.3, 0.4) is 0 Å². The minimum Gasteiger partial charge on any atom is -0.497 e. The van der Waals surface area contributed by atoms with Crippen molar-refractivity contribution in [2.24, 2.45) is 7.05 Å². The molecule has 0 saturated carbocycles. The lowest BCUT2D eigenvalue weighted by Crippen LogP contribution is -2.17. The van der Waals surface area contributed by atoms with Gasteiger partial charge in [0.25, 0.3) is 0 Å². The first-order valence-corrected chi connectivity index (χ1v) is 9.89. The van der Waals surface area contributed by atoms with Crippen molar-refractivity contribution >= 4 is 50.4 Å². The second kappa shape index (κ2) is 7.16. The lowest BCUT2D eigenvalue weighted by molar-refractivity contribution is 0.413. The minimum absolute atomic E-state index is 0.226. The lowest BCUT2D eigenvalue weighted by atomic mass is 10.0. The fraction of sp³-hybridized carbons (Fsp3) is 0.174. The lowest BCUT2D eigenvalue weighted by Gasteiger charge is -2.12. The molecule has 0 amide bonds. The van der Waals surface area contributed by atoms with Crippen molar-refractivity contribution in [3.8, 4) is 11.5 Å². The number of rotatable bonds is 5. The number of hydrogen-bond donors (Lipinski definition) is 2. The minimum atomic E-state index is -0.226. The molecule has 0 fully saturated rings. The third kappa shape index (κ3) is 2.54. The van der Waals surface area contributed by atoms with E-state index >= 15 is 0 Å². The van der Waals surface area contributed by atoms with E-state index in [1.165, 1.54) is 6.21 Å². The van der Waals surface area contributed by atoms with E-state index in [1.54, 1.807) is 73.9 Å². The van der Waals surface area contributed by atoms with Crippen LogP contribution in [-0.4, -0.2) is 41.4 Å². The number of ether oxygens (including phenoxy) is 2. The van der Waals surface area contributed by atoms with Crippen molar-refractivity contribution in [2.45, 2.75) is 0 Å². The number of nitrogens with one attached hydrogen (secondary N) is 2. The standard InChI is InChI=1S/C23H21N5O4/c1-25-10-12(9-24)19-18(31-4)8-14-20-21-16(11-26-14)27(2)23(29)28(21)15-7-13(30-3)5-6-17(15)32-22(19)20/h5-11,24-25H,1-4H3/b12-10+,24-9?. The number of methoxy groups -OCH3 is 2. The van der Waals surface area contributed by atoms with Crippen LogP contribution in [0.2, 0.25) is 0 Å². The van der Waals surface area contributed by atoms with Crippen molar-refractivity contribution in [1.82, 2.24) is 19.3 Å². The number of allylic oxidation sites excluding steroid dienone is 1. The highest BCUT2D eigenvalue weighted by molar-refractivity contribution is 6.20. The fourth-order valence-electron chi connectivity index (χ4n) is 4.19. The average molecular weight is 431 g/mol. The third-order valence-electron chi connectivity index (χ3n) is 5.68. The Morgan fingerprint density at radius 1 is 1.22 bits per heavy atom. The molecule has 0 aliphatic heterocycles. The number of nitrogens with zero attached hydrogens (tertiary/aromatic N) is 3. The van der Waals surface area contributed by atoms with Crippen LogP contribution in [0, 0.1) is 5.41 Å². The molecule has 3 heterocycles. The Balaban J connectivity index is 2.19. The Hall–Kier alpha value is -4.27. The van der Waals surface area contributed by atoms with Gasteiger partial charge in [0.05, 0.1) is 53.4 Å². The molecule has 0 atom stereocenters. The highest BCUT2D eigenvalue weighted by Crippen LogP contribution is 2.40. The van der Waals surface area contributed by atoms with Crippen LogP contribution in [0.25, 0.3) is 44.2 Å². The number of hydrogen-bond acceptors (Lipinski definition) is 7. The summed E-state index contributed by atoms with van der Waals surface area (Å²) in [6.07, 6.45) is 4.60. The normalized spacial score (nSPS) is 12.2.